The molecule has 0 saturated heterocycles. The molecule has 0 bridgehead atoms. The first-order valence-electron chi connectivity index (χ1n) is 10.9. The van der Waals surface area contributed by atoms with Crippen LogP contribution in [0, 0.1) is 6.92 Å². The maximum Gasteiger partial charge on any atom is 0.275 e. The molecule has 0 fully saturated rings. The molecule has 4 aromatic carbocycles. The lowest BCUT2D eigenvalue weighted by Crippen LogP contribution is -2.18. The van der Waals surface area contributed by atoms with Crippen LogP contribution in [0.15, 0.2) is 77.9 Å². The van der Waals surface area contributed by atoms with E-state index in [1.165, 1.54) is 18.9 Å². The van der Waals surface area contributed by atoms with Crippen molar-refractivity contribution in [3.05, 3.63) is 100 Å². The number of ether oxygens (including phenoxy) is 3. The van der Waals surface area contributed by atoms with Gasteiger partial charge in [-0.25, -0.2) is 5.43 Å². The van der Waals surface area contributed by atoms with Gasteiger partial charge in [0.05, 0.1) is 31.0 Å². The summed E-state index contributed by atoms with van der Waals surface area (Å²) in [5.41, 5.74) is 5.77. The molecule has 0 heterocycles. The SMILES string of the molecule is COc1cc2ccccc2cc1C(=O)NN=Cc1cc(Cl)c(OCc2ccc(C)cc2)c(OC)c1. The largest absolute Gasteiger partial charge is 0.496 e. The Morgan fingerprint density at radius 3 is 2.31 bits per heavy atom. The van der Waals surface area contributed by atoms with Crippen LogP contribution in [0.1, 0.15) is 27.0 Å². The zero-order chi connectivity index (χ0) is 24.8. The Kier molecular flexibility index (Phi) is 7.53. The van der Waals surface area contributed by atoms with E-state index in [-0.39, 0.29) is 5.91 Å². The van der Waals surface area contributed by atoms with Gasteiger partial charge in [0.2, 0.25) is 0 Å². The third kappa shape index (κ3) is 5.73. The van der Waals surface area contributed by atoms with Crippen molar-refractivity contribution in [2.45, 2.75) is 13.5 Å². The Morgan fingerprint density at radius 1 is 0.943 bits per heavy atom. The monoisotopic (exact) mass is 488 g/mol. The van der Waals surface area contributed by atoms with Gasteiger partial charge in [-0.1, -0.05) is 65.7 Å². The number of halogens is 1. The van der Waals surface area contributed by atoms with E-state index in [1.807, 2.05) is 61.5 Å². The number of rotatable bonds is 8. The molecule has 4 aromatic rings. The zero-order valence-corrected chi connectivity index (χ0v) is 20.4. The van der Waals surface area contributed by atoms with E-state index >= 15 is 0 Å². The highest BCUT2D eigenvalue weighted by Crippen LogP contribution is 2.36. The van der Waals surface area contributed by atoms with Crippen molar-refractivity contribution in [1.29, 1.82) is 0 Å². The Labute approximate surface area is 209 Å². The van der Waals surface area contributed by atoms with Crippen LogP contribution in [-0.4, -0.2) is 26.3 Å². The third-order valence-corrected chi connectivity index (χ3v) is 5.73. The van der Waals surface area contributed by atoms with Crippen molar-refractivity contribution in [3.8, 4) is 17.2 Å². The summed E-state index contributed by atoms with van der Waals surface area (Å²) in [5.74, 6) is 0.988. The summed E-state index contributed by atoms with van der Waals surface area (Å²) in [4.78, 5) is 12.8. The van der Waals surface area contributed by atoms with E-state index in [0.29, 0.717) is 40.0 Å². The van der Waals surface area contributed by atoms with Gasteiger partial charge >= 0.3 is 0 Å². The Morgan fingerprint density at radius 2 is 1.63 bits per heavy atom. The highest BCUT2D eigenvalue weighted by molar-refractivity contribution is 6.32. The third-order valence-electron chi connectivity index (χ3n) is 5.45. The van der Waals surface area contributed by atoms with Crippen LogP contribution in [0.5, 0.6) is 17.2 Å². The van der Waals surface area contributed by atoms with E-state index < -0.39 is 0 Å². The summed E-state index contributed by atoms with van der Waals surface area (Å²) in [6.45, 7) is 2.39. The molecule has 0 radical (unpaired) electrons. The summed E-state index contributed by atoms with van der Waals surface area (Å²) in [7, 11) is 3.07. The Balaban J connectivity index is 1.48. The molecule has 0 aliphatic carbocycles. The molecule has 6 nitrogen and oxygen atoms in total. The second kappa shape index (κ2) is 10.9. The number of nitrogens with one attached hydrogen (secondary N) is 1. The van der Waals surface area contributed by atoms with Crippen LogP contribution >= 0.6 is 11.6 Å². The van der Waals surface area contributed by atoms with Crippen LogP contribution in [0.2, 0.25) is 5.02 Å². The summed E-state index contributed by atoms with van der Waals surface area (Å²) in [5, 5.41) is 6.37. The number of hydrogen-bond acceptors (Lipinski definition) is 5. The maximum absolute atomic E-state index is 12.8. The van der Waals surface area contributed by atoms with Crippen LogP contribution < -0.4 is 19.6 Å². The minimum Gasteiger partial charge on any atom is -0.496 e. The molecule has 0 unspecified atom stereocenters. The topological polar surface area (TPSA) is 69.2 Å². The maximum atomic E-state index is 12.8. The zero-order valence-electron chi connectivity index (χ0n) is 19.7. The van der Waals surface area contributed by atoms with E-state index in [4.69, 9.17) is 25.8 Å². The highest BCUT2D eigenvalue weighted by atomic mass is 35.5. The average molecular weight is 489 g/mol. The van der Waals surface area contributed by atoms with Crippen LogP contribution in [0.3, 0.4) is 0 Å². The second-order valence-corrected chi connectivity index (χ2v) is 8.31. The Bertz CT molecular complexity index is 1380. The summed E-state index contributed by atoms with van der Waals surface area (Å²) in [6.07, 6.45) is 1.49. The first kappa shape index (κ1) is 24.1. The number of amides is 1. The highest BCUT2D eigenvalue weighted by Gasteiger charge is 2.14. The van der Waals surface area contributed by atoms with Crippen LogP contribution in [-0.2, 0) is 6.61 Å². The molecule has 0 aromatic heterocycles. The summed E-state index contributed by atoms with van der Waals surface area (Å²) in [6, 6.07) is 22.8. The van der Waals surface area contributed by atoms with Gasteiger partial charge in [0.25, 0.3) is 5.91 Å². The van der Waals surface area contributed by atoms with E-state index in [9.17, 15) is 4.79 Å². The molecule has 1 N–H and O–H groups in total. The van der Waals surface area contributed by atoms with Crippen molar-refractivity contribution >= 4 is 34.5 Å². The fraction of sp³-hybridized carbons (Fsp3) is 0.143. The molecule has 0 saturated carbocycles. The van der Waals surface area contributed by atoms with Gasteiger partial charge in [-0.2, -0.15) is 5.10 Å². The average Bonchev–Trinajstić information content (AvgIpc) is 2.87. The van der Waals surface area contributed by atoms with Gasteiger partial charge in [0.15, 0.2) is 11.5 Å². The number of carbonyl (C=O) groups excluding carboxylic acids is 1. The van der Waals surface area contributed by atoms with Crippen molar-refractivity contribution in [3.63, 3.8) is 0 Å². The molecule has 178 valence electrons. The van der Waals surface area contributed by atoms with Crippen molar-refractivity contribution in [1.82, 2.24) is 5.43 Å². The first-order valence-corrected chi connectivity index (χ1v) is 11.3. The standard InChI is InChI=1S/C28H25ClN2O4/c1-18-8-10-19(11-9-18)17-35-27-24(29)12-20(13-26(27)34-3)16-30-31-28(32)23-14-21-6-4-5-7-22(21)15-25(23)33-2/h4-16H,17H2,1-3H3,(H,31,32). The molecule has 1 amide bonds. The molecule has 4 rings (SSSR count). The lowest BCUT2D eigenvalue weighted by molar-refractivity contribution is 0.0952. The lowest BCUT2D eigenvalue weighted by Gasteiger charge is -2.13. The molecular formula is C28H25ClN2O4. The fourth-order valence-corrected chi connectivity index (χ4v) is 3.86. The number of hydrazone groups is 1. The second-order valence-electron chi connectivity index (χ2n) is 7.91. The number of hydrogen-bond donors (Lipinski definition) is 1. The minimum atomic E-state index is -0.389. The summed E-state index contributed by atoms with van der Waals surface area (Å²) >= 11 is 6.47. The van der Waals surface area contributed by atoms with Crippen molar-refractivity contribution in [2.24, 2.45) is 5.10 Å². The van der Waals surface area contributed by atoms with Crippen molar-refractivity contribution in [2.75, 3.05) is 14.2 Å². The van der Waals surface area contributed by atoms with Crippen LogP contribution in [0.4, 0.5) is 0 Å². The lowest BCUT2D eigenvalue weighted by atomic mass is 10.1. The van der Waals surface area contributed by atoms with Gasteiger partial charge in [0.1, 0.15) is 12.4 Å². The van der Waals surface area contributed by atoms with E-state index in [0.717, 1.165) is 16.3 Å². The van der Waals surface area contributed by atoms with Crippen LogP contribution in [0.25, 0.3) is 10.8 Å². The number of methoxy groups -OCH3 is 2. The predicted octanol–water partition coefficient (Wildman–Crippen LogP) is 6.16. The van der Waals surface area contributed by atoms with Gasteiger partial charge in [-0.05, 0) is 53.1 Å². The van der Waals surface area contributed by atoms with Gasteiger partial charge < -0.3 is 14.2 Å². The van der Waals surface area contributed by atoms with E-state index in [1.54, 1.807) is 25.3 Å². The molecule has 0 aliphatic heterocycles. The van der Waals surface area contributed by atoms with Gasteiger partial charge in [-0.15, -0.1) is 0 Å². The number of fused-ring (bicyclic) bond motifs is 1. The Hall–Kier alpha value is -4.03. The molecule has 35 heavy (non-hydrogen) atoms. The van der Waals surface area contributed by atoms with Crippen molar-refractivity contribution < 1.29 is 19.0 Å². The molecule has 0 spiro atoms. The molecule has 0 aliphatic rings. The number of benzene rings is 4. The molecule has 7 heteroatoms. The number of aryl methyl sites for hydroxylation is 1. The fourth-order valence-electron chi connectivity index (χ4n) is 3.59. The quantitative estimate of drug-likeness (QED) is 0.238. The predicted molar refractivity (Wildman–Crippen MR) is 139 cm³/mol. The smallest absolute Gasteiger partial charge is 0.275 e. The van der Waals surface area contributed by atoms with Gasteiger partial charge in [0, 0.05) is 0 Å². The number of carbonyl (C=O) groups is 1. The number of nitrogens with zero attached hydrogens (tertiary/aromatic N) is 1. The normalized spacial score (nSPS) is 11.0. The van der Waals surface area contributed by atoms with Gasteiger partial charge in [-0.3, -0.25) is 4.79 Å². The molecular weight excluding hydrogens is 464 g/mol. The first-order chi connectivity index (χ1) is 17.0. The molecule has 0 atom stereocenters. The minimum absolute atomic E-state index is 0.355. The summed E-state index contributed by atoms with van der Waals surface area (Å²) < 4.78 is 16.8. The van der Waals surface area contributed by atoms with E-state index in [2.05, 4.69) is 10.5 Å².